The monoisotopic (exact) mass is 385 g/mol. The molecule has 0 bridgehead atoms. The summed E-state index contributed by atoms with van der Waals surface area (Å²) in [6.07, 6.45) is 1.40. The predicted octanol–water partition coefficient (Wildman–Crippen LogP) is 3.57. The molecule has 1 fully saturated rings. The molecule has 2 heterocycles. The smallest absolute Gasteiger partial charge is 0.259 e. The van der Waals surface area contributed by atoms with Crippen molar-refractivity contribution in [3.05, 3.63) is 66.2 Å². The maximum absolute atomic E-state index is 12.8. The maximum atomic E-state index is 12.8. The first-order valence-electron chi connectivity index (χ1n) is 9.66. The van der Waals surface area contributed by atoms with Crippen LogP contribution in [-0.2, 0) is 9.59 Å². The highest BCUT2D eigenvalue weighted by Crippen LogP contribution is 2.37. The number of amides is 3. The van der Waals surface area contributed by atoms with Crippen molar-refractivity contribution >= 4 is 45.6 Å². The Morgan fingerprint density at radius 3 is 2.59 bits per heavy atom. The second-order valence-corrected chi connectivity index (χ2v) is 7.32. The molecule has 1 saturated heterocycles. The molecule has 0 aromatic heterocycles. The number of nitrogens with one attached hydrogen (secondary N) is 1. The zero-order valence-corrected chi connectivity index (χ0v) is 15.7. The van der Waals surface area contributed by atoms with Gasteiger partial charge in [-0.15, -0.1) is 0 Å². The van der Waals surface area contributed by atoms with E-state index in [9.17, 15) is 14.4 Å². The van der Waals surface area contributed by atoms with Crippen LogP contribution in [0, 0.1) is 0 Å². The van der Waals surface area contributed by atoms with E-state index in [0.29, 0.717) is 24.2 Å². The molecular formula is C23H19N3O3. The van der Waals surface area contributed by atoms with Gasteiger partial charge in [-0.3, -0.25) is 19.3 Å². The van der Waals surface area contributed by atoms with Crippen molar-refractivity contribution in [3.63, 3.8) is 0 Å². The summed E-state index contributed by atoms with van der Waals surface area (Å²) >= 11 is 0. The van der Waals surface area contributed by atoms with Crippen molar-refractivity contribution in [3.8, 4) is 0 Å². The minimum Gasteiger partial charge on any atom is -0.324 e. The molecule has 29 heavy (non-hydrogen) atoms. The first kappa shape index (κ1) is 17.4. The molecule has 144 valence electrons. The number of rotatable bonds is 4. The fraction of sp³-hybridized carbons (Fsp3) is 0.174. The Labute approximate surface area is 167 Å². The molecule has 3 aromatic rings. The van der Waals surface area contributed by atoms with Crippen LogP contribution in [0.2, 0.25) is 0 Å². The van der Waals surface area contributed by atoms with E-state index < -0.39 is 0 Å². The Balaban J connectivity index is 1.35. The summed E-state index contributed by atoms with van der Waals surface area (Å²) in [5, 5.41) is 4.73. The number of anilines is 3. The zero-order chi connectivity index (χ0) is 20.0. The minimum atomic E-state index is -0.284. The predicted molar refractivity (Wildman–Crippen MR) is 112 cm³/mol. The molecular weight excluding hydrogens is 366 g/mol. The van der Waals surface area contributed by atoms with Crippen LogP contribution in [0.4, 0.5) is 17.1 Å². The van der Waals surface area contributed by atoms with Crippen LogP contribution in [0.1, 0.15) is 23.2 Å². The molecule has 3 aromatic carbocycles. The number of nitrogens with zero attached hydrogens (tertiary/aromatic N) is 2. The van der Waals surface area contributed by atoms with Crippen LogP contribution in [0.3, 0.4) is 0 Å². The van der Waals surface area contributed by atoms with Crippen LogP contribution in [0.5, 0.6) is 0 Å². The van der Waals surface area contributed by atoms with Crippen molar-refractivity contribution in [2.75, 3.05) is 28.2 Å². The molecule has 2 aliphatic rings. The van der Waals surface area contributed by atoms with Crippen molar-refractivity contribution < 1.29 is 14.4 Å². The molecule has 1 N–H and O–H groups in total. The van der Waals surface area contributed by atoms with Gasteiger partial charge in [0.25, 0.3) is 5.91 Å². The highest BCUT2D eigenvalue weighted by molar-refractivity contribution is 6.26. The Morgan fingerprint density at radius 1 is 1.00 bits per heavy atom. The van der Waals surface area contributed by atoms with E-state index >= 15 is 0 Å². The standard InChI is InChI=1S/C23H19N3O3/c27-20(24-16-7-3-8-17(13-16)25-12-4-11-21(25)28)14-26-19-10-2-6-15-5-1-9-18(22(15)19)23(26)29/h1-3,5-10,13H,4,11-12,14H2,(H,24,27). The van der Waals surface area contributed by atoms with Gasteiger partial charge in [-0.1, -0.05) is 30.3 Å². The normalized spacial score (nSPS) is 15.4. The zero-order valence-electron chi connectivity index (χ0n) is 15.7. The number of carbonyl (C=O) groups excluding carboxylic acids is 3. The van der Waals surface area contributed by atoms with Crippen LogP contribution in [-0.4, -0.2) is 30.8 Å². The third-order valence-corrected chi connectivity index (χ3v) is 5.47. The Morgan fingerprint density at radius 2 is 1.79 bits per heavy atom. The van der Waals surface area contributed by atoms with E-state index in [1.807, 2.05) is 42.5 Å². The fourth-order valence-corrected chi connectivity index (χ4v) is 4.15. The topological polar surface area (TPSA) is 69.7 Å². The quantitative estimate of drug-likeness (QED) is 0.747. The number of carbonyl (C=O) groups is 3. The van der Waals surface area contributed by atoms with E-state index in [2.05, 4.69) is 5.32 Å². The SMILES string of the molecule is O=C(CN1C(=O)c2cccc3cccc1c23)Nc1cccc(N2CCCC2=O)c1. The second kappa shape index (κ2) is 6.74. The van der Waals surface area contributed by atoms with Crippen molar-refractivity contribution in [1.29, 1.82) is 0 Å². The van der Waals surface area contributed by atoms with Crippen LogP contribution >= 0.6 is 0 Å². The number of hydrogen-bond acceptors (Lipinski definition) is 3. The molecule has 0 unspecified atom stereocenters. The van der Waals surface area contributed by atoms with Crippen molar-refractivity contribution in [1.82, 2.24) is 0 Å². The molecule has 6 nitrogen and oxygen atoms in total. The molecule has 2 aliphatic heterocycles. The van der Waals surface area contributed by atoms with Crippen molar-refractivity contribution in [2.24, 2.45) is 0 Å². The summed E-state index contributed by atoms with van der Waals surface area (Å²) in [5.74, 6) is -0.349. The minimum absolute atomic E-state index is 0.0699. The molecule has 5 rings (SSSR count). The summed E-state index contributed by atoms with van der Waals surface area (Å²) in [4.78, 5) is 40.7. The number of benzene rings is 3. The van der Waals surface area contributed by atoms with Crippen LogP contribution in [0.15, 0.2) is 60.7 Å². The summed E-state index contributed by atoms with van der Waals surface area (Å²) in [6, 6.07) is 18.6. The molecule has 3 amide bonds. The maximum Gasteiger partial charge on any atom is 0.259 e. The summed E-state index contributed by atoms with van der Waals surface area (Å²) in [6.45, 7) is 0.625. The average Bonchev–Trinajstić information content (AvgIpc) is 3.27. The van der Waals surface area contributed by atoms with Gasteiger partial charge in [0.2, 0.25) is 11.8 Å². The Hall–Kier alpha value is -3.67. The highest BCUT2D eigenvalue weighted by atomic mass is 16.2. The van der Waals surface area contributed by atoms with Gasteiger partial charge in [-0.05, 0) is 42.1 Å². The lowest BCUT2D eigenvalue weighted by Gasteiger charge is -2.19. The molecule has 0 spiro atoms. The van der Waals surface area contributed by atoms with Gasteiger partial charge in [-0.25, -0.2) is 0 Å². The first-order valence-corrected chi connectivity index (χ1v) is 9.66. The van der Waals surface area contributed by atoms with Crippen LogP contribution < -0.4 is 15.1 Å². The second-order valence-electron chi connectivity index (χ2n) is 7.32. The van der Waals surface area contributed by atoms with E-state index in [4.69, 9.17) is 0 Å². The van der Waals surface area contributed by atoms with Gasteiger partial charge >= 0.3 is 0 Å². The van der Waals surface area contributed by atoms with E-state index in [-0.39, 0.29) is 24.3 Å². The third-order valence-electron chi connectivity index (χ3n) is 5.47. The molecule has 0 saturated carbocycles. The lowest BCUT2D eigenvalue weighted by molar-refractivity contribution is -0.117. The summed E-state index contributed by atoms with van der Waals surface area (Å²) in [5.41, 5.74) is 2.77. The molecule has 0 radical (unpaired) electrons. The lowest BCUT2D eigenvalue weighted by Crippen LogP contribution is -2.35. The lowest BCUT2D eigenvalue weighted by atomic mass is 10.1. The Kier molecular flexibility index (Phi) is 4.05. The third kappa shape index (κ3) is 2.93. The van der Waals surface area contributed by atoms with Crippen LogP contribution in [0.25, 0.3) is 10.8 Å². The van der Waals surface area contributed by atoms with E-state index in [0.717, 1.165) is 28.6 Å². The van der Waals surface area contributed by atoms with Gasteiger partial charge in [0.15, 0.2) is 0 Å². The van der Waals surface area contributed by atoms with E-state index in [1.165, 1.54) is 4.90 Å². The largest absolute Gasteiger partial charge is 0.324 e. The summed E-state index contributed by atoms with van der Waals surface area (Å²) in [7, 11) is 0. The van der Waals surface area contributed by atoms with Crippen molar-refractivity contribution in [2.45, 2.75) is 12.8 Å². The van der Waals surface area contributed by atoms with Gasteiger partial charge in [0, 0.05) is 35.3 Å². The molecule has 6 heteroatoms. The highest BCUT2D eigenvalue weighted by Gasteiger charge is 2.31. The summed E-state index contributed by atoms with van der Waals surface area (Å²) < 4.78 is 0. The Bertz CT molecular complexity index is 1170. The van der Waals surface area contributed by atoms with E-state index in [1.54, 1.807) is 23.1 Å². The molecule has 0 atom stereocenters. The first-order chi connectivity index (χ1) is 14.1. The average molecular weight is 385 g/mol. The van der Waals surface area contributed by atoms with Gasteiger partial charge in [0.05, 0.1) is 5.69 Å². The van der Waals surface area contributed by atoms with Gasteiger partial charge in [0.1, 0.15) is 6.54 Å². The van der Waals surface area contributed by atoms with Gasteiger partial charge < -0.3 is 10.2 Å². The van der Waals surface area contributed by atoms with Gasteiger partial charge in [-0.2, -0.15) is 0 Å². The molecule has 0 aliphatic carbocycles. The number of hydrogen-bond donors (Lipinski definition) is 1. The fourth-order valence-electron chi connectivity index (χ4n) is 4.15.